The second kappa shape index (κ2) is 16.9. The van der Waals surface area contributed by atoms with Gasteiger partial charge < -0.3 is 5.73 Å². The van der Waals surface area contributed by atoms with E-state index in [4.69, 9.17) is 5.73 Å². The third-order valence-corrected chi connectivity index (χ3v) is 4.60. The lowest BCUT2D eigenvalue weighted by Gasteiger charge is -2.18. The van der Waals surface area contributed by atoms with Gasteiger partial charge in [-0.1, -0.05) is 83.5 Å². The first kappa shape index (κ1) is 29.4. The molecule has 0 bridgehead atoms. The summed E-state index contributed by atoms with van der Waals surface area (Å²) < 4.78 is 6.03. The fraction of sp³-hybridized carbons (Fsp3) is 0.500. The Hall–Kier alpha value is -3.60. The fourth-order valence-corrected chi connectivity index (χ4v) is 2.88. The molecule has 1 aromatic carbocycles. The molecule has 192 valence electrons. The molecule has 3 aromatic rings. The van der Waals surface area contributed by atoms with Gasteiger partial charge in [-0.15, -0.1) is 5.10 Å². The molecular weight excluding hydrogens is 446 g/mol. The number of nitrogens with two attached hydrogens (primary N) is 1. The van der Waals surface area contributed by atoms with Gasteiger partial charge in [0, 0.05) is 12.8 Å². The Kier molecular flexibility index (Phi) is 14.2. The molecule has 0 atom stereocenters. The molecule has 35 heavy (non-hydrogen) atoms. The number of nitrogens with zero attached hydrogens (tertiary/aromatic N) is 7. The predicted molar refractivity (Wildman–Crippen MR) is 138 cm³/mol. The van der Waals surface area contributed by atoms with Crippen molar-refractivity contribution >= 4 is 17.9 Å². The van der Waals surface area contributed by atoms with E-state index in [1.165, 1.54) is 16.7 Å². The maximum absolute atomic E-state index is 12.7. The van der Waals surface area contributed by atoms with Gasteiger partial charge in [-0.2, -0.15) is 9.78 Å². The van der Waals surface area contributed by atoms with E-state index in [9.17, 15) is 4.79 Å². The summed E-state index contributed by atoms with van der Waals surface area (Å²) in [5, 5.41) is 19.4. The topological polar surface area (TPSA) is 140 Å². The number of carbonyl (C=O) groups is 1. The molecule has 0 aliphatic rings. The van der Waals surface area contributed by atoms with Crippen LogP contribution in [0.5, 0.6) is 0 Å². The Balaban J connectivity index is 0.00000114. The first-order valence-corrected chi connectivity index (χ1v) is 12.2. The minimum Gasteiger partial charge on any atom is -0.378 e. The highest BCUT2D eigenvalue weighted by molar-refractivity contribution is 5.93. The maximum Gasteiger partial charge on any atom is 0.293 e. The lowest BCUT2D eigenvalue weighted by Crippen LogP contribution is -2.27. The van der Waals surface area contributed by atoms with E-state index in [1.54, 1.807) is 6.21 Å². The van der Waals surface area contributed by atoms with Gasteiger partial charge in [-0.05, 0) is 41.8 Å². The summed E-state index contributed by atoms with van der Waals surface area (Å²) in [6.07, 6.45) is 4.45. The quantitative estimate of drug-likeness (QED) is 0.326. The van der Waals surface area contributed by atoms with Crippen LogP contribution in [0.3, 0.4) is 0 Å². The zero-order valence-electron chi connectivity index (χ0n) is 21.7. The number of amides is 1. The van der Waals surface area contributed by atoms with Gasteiger partial charge in [-0.3, -0.25) is 9.69 Å². The Labute approximate surface area is 207 Å². The number of aryl methyl sites for hydroxylation is 1. The third kappa shape index (κ3) is 9.28. The van der Waals surface area contributed by atoms with Crippen molar-refractivity contribution in [2.45, 2.75) is 67.3 Å². The molecule has 2 heterocycles. The standard InChI is InChI=1S/C19H25N9O2.C3H8.C2H6/c1-3-27(4-2)13-15-16(22-26-28(15)18-17(20)24-30-25-18)19(29)23-21-12-8-11-14-9-6-5-7-10-14;1-3-2;1-2/h5-7,9-10,12H,3-4,8,11,13H2,1-2H3,(H2,20,24)(H,23,29);3H2,1-2H3;1-2H3/b21-12+;;. The molecule has 11 nitrogen and oxygen atoms in total. The van der Waals surface area contributed by atoms with Crippen LogP contribution in [-0.4, -0.2) is 55.4 Å². The van der Waals surface area contributed by atoms with E-state index in [1.807, 2.05) is 45.9 Å². The van der Waals surface area contributed by atoms with Crippen LogP contribution in [0.2, 0.25) is 0 Å². The molecule has 0 unspecified atom stereocenters. The van der Waals surface area contributed by atoms with E-state index in [-0.39, 0.29) is 17.3 Å². The van der Waals surface area contributed by atoms with Crippen molar-refractivity contribution in [3.05, 3.63) is 47.3 Å². The van der Waals surface area contributed by atoms with Crippen LogP contribution >= 0.6 is 0 Å². The third-order valence-electron chi connectivity index (χ3n) is 4.60. The zero-order chi connectivity index (χ0) is 26.1. The van der Waals surface area contributed by atoms with E-state index in [2.05, 4.69) is 66.7 Å². The van der Waals surface area contributed by atoms with Crippen LogP contribution in [0.1, 0.15) is 76.1 Å². The van der Waals surface area contributed by atoms with Crippen LogP contribution < -0.4 is 11.2 Å². The summed E-state index contributed by atoms with van der Waals surface area (Å²) in [4.78, 5) is 14.8. The highest BCUT2D eigenvalue weighted by atomic mass is 16.6. The summed E-state index contributed by atoms with van der Waals surface area (Å²) in [5.74, 6) is -0.212. The number of nitrogen functional groups attached to an aromatic ring is 1. The van der Waals surface area contributed by atoms with E-state index < -0.39 is 5.91 Å². The van der Waals surface area contributed by atoms with Gasteiger partial charge in [0.15, 0.2) is 5.69 Å². The van der Waals surface area contributed by atoms with E-state index in [0.717, 1.165) is 19.5 Å². The Bertz CT molecular complexity index is 996. The summed E-state index contributed by atoms with van der Waals surface area (Å²) in [5.41, 5.74) is 10.2. The largest absolute Gasteiger partial charge is 0.378 e. The molecule has 0 spiro atoms. The van der Waals surface area contributed by atoms with Crippen molar-refractivity contribution in [1.29, 1.82) is 0 Å². The van der Waals surface area contributed by atoms with Crippen molar-refractivity contribution in [3.8, 4) is 5.82 Å². The summed E-state index contributed by atoms with van der Waals surface area (Å²) >= 11 is 0. The smallest absolute Gasteiger partial charge is 0.293 e. The molecular formula is C24H39N9O2. The highest BCUT2D eigenvalue weighted by Crippen LogP contribution is 2.17. The molecule has 11 heteroatoms. The monoisotopic (exact) mass is 485 g/mol. The molecule has 2 aromatic heterocycles. The predicted octanol–water partition coefficient (Wildman–Crippen LogP) is 3.87. The van der Waals surface area contributed by atoms with Crippen molar-refractivity contribution in [2.75, 3.05) is 18.8 Å². The van der Waals surface area contributed by atoms with Gasteiger partial charge in [-0.25, -0.2) is 10.1 Å². The first-order valence-electron chi connectivity index (χ1n) is 12.2. The highest BCUT2D eigenvalue weighted by Gasteiger charge is 2.24. The van der Waals surface area contributed by atoms with Crippen molar-refractivity contribution < 1.29 is 9.42 Å². The number of rotatable bonds is 10. The number of hydrazone groups is 1. The number of hydrogen-bond acceptors (Lipinski definition) is 9. The van der Waals surface area contributed by atoms with Gasteiger partial charge >= 0.3 is 0 Å². The van der Waals surface area contributed by atoms with Crippen LogP contribution in [-0.2, 0) is 13.0 Å². The molecule has 3 rings (SSSR count). The van der Waals surface area contributed by atoms with Gasteiger partial charge in [0.1, 0.15) is 0 Å². The Morgan fingerprint density at radius 2 is 1.80 bits per heavy atom. The number of nitrogens with one attached hydrogen (secondary N) is 1. The Morgan fingerprint density at radius 1 is 1.14 bits per heavy atom. The number of carbonyl (C=O) groups excluding carboxylic acids is 1. The average Bonchev–Trinajstić information content (AvgIpc) is 3.50. The molecule has 0 aliphatic carbocycles. The SMILES string of the molecule is CC.CCC.CCN(CC)Cc1c(C(=O)N/N=C/CCc2ccccc2)nnn1-c1nonc1N. The number of benzene rings is 1. The summed E-state index contributed by atoms with van der Waals surface area (Å²) in [7, 11) is 0. The van der Waals surface area contributed by atoms with Crippen LogP contribution in [0.15, 0.2) is 40.1 Å². The second-order valence-electron chi connectivity index (χ2n) is 7.21. The molecule has 0 saturated heterocycles. The molecule has 1 amide bonds. The lowest BCUT2D eigenvalue weighted by molar-refractivity contribution is 0.0947. The Morgan fingerprint density at radius 3 is 2.37 bits per heavy atom. The zero-order valence-corrected chi connectivity index (χ0v) is 21.7. The lowest BCUT2D eigenvalue weighted by atomic mass is 10.1. The van der Waals surface area contributed by atoms with Gasteiger partial charge in [0.25, 0.3) is 5.91 Å². The minimum absolute atomic E-state index is 0.0617. The summed E-state index contributed by atoms with van der Waals surface area (Å²) in [6.45, 7) is 14.3. The van der Waals surface area contributed by atoms with Crippen LogP contribution in [0.25, 0.3) is 5.82 Å². The van der Waals surface area contributed by atoms with Crippen molar-refractivity contribution in [2.24, 2.45) is 5.10 Å². The molecule has 0 aliphatic heterocycles. The minimum atomic E-state index is -0.464. The molecule has 0 radical (unpaired) electrons. The average molecular weight is 486 g/mol. The van der Waals surface area contributed by atoms with Crippen molar-refractivity contribution in [1.82, 2.24) is 35.6 Å². The normalized spacial score (nSPS) is 10.5. The maximum atomic E-state index is 12.7. The van der Waals surface area contributed by atoms with Gasteiger partial charge in [0.05, 0.1) is 5.69 Å². The second-order valence-corrected chi connectivity index (χ2v) is 7.21. The molecule has 0 fully saturated rings. The van der Waals surface area contributed by atoms with E-state index >= 15 is 0 Å². The first-order chi connectivity index (χ1) is 17.0. The number of anilines is 1. The van der Waals surface area contributed by atoms with Gasteiger partial charge in [0.2, 0.25) is 11.6 Å². The summed E-state index contributed by atoms with van der Waals surface area (Å²) in [6, 6.07) is 10.1. The van der Waals surface area contributed by atoms with Crippen molar-refractivity contribution in [3.63, 3.8) is 0 Å². The molecule has 0 saturated carbocycles. The van der Waals surface area contributed by atoms with E-state index in [0.29, 0.717) is 18.7 Å². The number of hydrogen-bond donors (Lipinski definition) is 2. The number of aromatic nitrogens is 5. The van der Waals surface area contributed by atoms with Crippen LogP contribution in [0.4, 0.5) is 5.82 Å². The van der Waals surface area contributed by atoms with Crippen LogP contribution in [0, 0.1) is 0 Å². The molecule has 3 N–H and O–H groups in total. The fourth-order valence-electron chi connectivity index (χ4n) is 2.88.